The Balaban J connectivity index is 0.889. The Kier molecular flexibility index (Phi) is 18.3. The lowest BCUT2D eigenvalue weighted by Crippen LogP contribution is -2.25. The molecule has 0 atom stereocenters. The first-order valence-electron chi connectivity index (χ1n) is 47.5. The summed E-state index contributed by atoms with van der Waals surface area (Å²) >= 11 is 0. The van der Waals surface area contributed by atoms with Gasteiger partial charge < -0.3 is 0 Å². The zero-order valence-electron chi connectivity index (χ0n) is 74.7. The molecule has 0 aliphatic heterocycles. The van der Waals surface area contributed by atoms with Crippen LogP contribution in [0.15, 0.2) is 522 Å². The van der Waals surface area contributed by atoms with E-state index in [0.717, 1.165) is 177 Å². The van der Waals surface area contributed by atoms with Crippen LogP contribution in [0.4, 0.5) is 0 Å². The van der Waals surface area contributed by atoms with E-state index in [0.29, 0.717) is 0 Å². The second-order valence-electron chi connectivity index (χ2n) is 36.7. The van der Waals surface area contributed by atoms with Gasteiger partial charge in [0.1, 0.15) is 0 Å². The summed E-state index contributed by atoms with van der Waals surface area (Å²) in [5.74, 6) is 0. The molecule has 0 radical (unpaired) electrons. The van der Waals surface area contributed by atoms with Crippen LogP contribution >= 0.6 is 0 Å². The van der Waals surface area contributed by atoms with Crippen molar-refractivity contribution in [3.8, 4) is 200 Å². The molecule has 27 rings (SSSR count). The Bertz CT molecular complexity index is 7890. The number of benzene rings is 23. The Labute approximate surface area is 793 Å². The molecule has 0 nitrogen and oxygen atoms in total. The monoisotopic (exact) mass is 1720 g/mol. The third-order valence-electron chi connectivity index (χ3n) is 29.9. The summed E-state index contributed by atoms with van der Waals surface area (Å²) in [6, 6.07) is 199. The number of hydrogen-bond acceptors (Lipinski definition) is 0. The molecule has 0 saturated carbocycles. The van der Waals surface area contributed by atoms with Gasteiger partial charge in [-0.3, -0.25) is 0 Å². The van der Waals surface area contributed by atoms with Crippen molar-refractivity contribution in [2.45, 2.75) is 10.8 Å². The van der Waals surface area contributed by atoms with Gasteiger partial charge in [0.25, 0.3) is 0 Å². The van der Waals surface area contributed by atoms with Crippen LogP contribution in [-0.4, -0.2) is 0 Å². The van der Waals surface area contributed by atoms with Gasteiger partial charge in [-0.2, -0.15) is 0 Å². The zero-order chi connectivity index (χ0) is 89.5. The fourth-order valence-corrected chi connectivity index (χ4v) is 24.6. The normalized spacial score (nSPS) is 12.8. The smallest absolute Gasteiger partial charge is 0.0622 e. The fraction of sp³-hybridized carbons (Fsp3) is 0.0147. The van der Waals surface area contributed by atoms with Gasteiger partial charge in [-0.15, -0.1) is 0 Å². The van der Waals surface area contributed by atoms with Crippen LogP contribution < -0.4 is 0 Å². The highest BCUT2D eigenvalue weighted by Gasteiger charge is 2.54. The fourth-order valence-electron chi connectivity index (χ4n) is 24.6. The van der Waals surface area contributed by atoms with Crippen molar-refractivity contribution in [3.05, 3.63) is 566 Å². The standard InChI is InChI=1S/C136H86/c1-11-43-87(44-12-1)121-123(89-47-15-3-16-48-89)127(93-55-23-7-24-56-93)133(128(94-57-25-8-26-58-94)124(121)90-49-17-4-18-50-90)131-109-81-77-98(100-76-80-108-106-68-36-42-74-118(106)136(120(108)86-100)115-71-39-33-65-103(115)104-66-34-40-72-116(104)136)84-112(109)132(110-82-78-97(83-111(110)131)99-75-79-107-105-67-35-41-73-117(105)135(119(107)85-99)113-69-37-31-63-101(113)102-64-32-38-70-114(102)135)134-129(95-59-27-9-28-60-95)125(91-51-19-5-20-52-91)122(88-45-13-2-14-46-88)126(92-53-21-6-22-54-92)130(134)96-61-29-10-30-62-96/h1-86H. The maximum absolute atomic E-state index is 2.64. The molecule has 0 amide bonds. The number of fused-ring (bicyclic) bond motifs is 22. The van der Waals surface area contributed by atoms with Crippen LogP contribution in [0.1, 0.15) is 44.5 Å². The quantitative estimate of drug-likeness (QED) is 0.0952. The predicted molar refractivity (Wildman–Crippen MR) is 570 cm³/mol. The Morgan fingerprint density at radius 3 is 0.441 bits per heavy atom. The molecule has 0 unspecified atom stereocenters. The third kappa shape index (κ3) is 11.7. The summed E-state index contributed by atoms with van der Waals surface area (Å²) in [5, 5.41) is 4.40. The highest BCUT2D eigenvalue weighted by Crippen LogP contribution is 2.68. The molecule has 23 aromatic rings. The number of hydrogen-bond donors (Lipinski definition) is 0. The maximum atomic E-state index is 2.64. The van der Waals surface area contributed by atoms with E-state index in [2.05, 4.69) is 522 Å². The first-order valence-corrected chi connectivity index (χ1v) is 47.5. The minimum atomic E-state index is -0.606. The molecule has 0 aromatic heterocycles. The average Bonchev–Trinajstić information content (AvgIpc) is 1.47. The van der Waals surface area contributed by atoms with Crippen LogP contribution in [0.25, 0.3) is 222 Å². The predicted octanol–water partition coefficient (Wildman–Crippen LogP) is 36.0. The summed E-state index contributed by atoms with van der Waals surface area (Å²) in [6.45, 7) is 0. The van der Waals surface area contributed by atoms with Gasteiger partial charge in [-0.1, -0.05) is 497 Å². The summed E-state index contributed by atoms with van der Waals surface area (Å²) in [6.07, 6.45) is 0. The minimum absolute atomic E-state index is 0.606. The van der Waals surface area contributed by atoms with Gasteiger partial charge >= 0.3 is 0 Å². The second kappa shape index (κ2) is 31.7. The number of rotatable bonds is 14. The molecule has 0 saturated heterocycles. The Hall–Kier alpha value is -17.4. The summed E-state index contributed by atoms with van der Waals surface area (Å²) in [4.78, 5) is 0. The van der Waals surface area contributed by atoms with E-state index < -0.39 is 10.8 Å². The first-order chi connectivity index (χ1) is 67.6. The van der Waals surface area contributed by atoms with E-state index in [1.807, 2.05) is 0 Å². The van der Waals surface area contributed by atoms with Crippen LogP contribution in [0, 0.1) is 0 Å². The van der Waals surface area contributed by atoms with Crippen LogP contribution in [0.2, 0.25) is 0 Å². The highest BCUT2D eigenvalue weighted by atomic mass is 14.5. The van der Waals surface area contributed by atoms with E-state index in [1.54, 1.807) is 0 Å². The molecule has 2 spiro atoms. The molecule has 630 valence electrons. The van der Waals surface area contributed by atoms with Gasteiger partial charge in [-0.05, 0) is 291 Å². The molecule has 23 aromatic carbocycles. The molecule has 0 fully saturated rings. The highest BCUT2D eigenvalue weighted by molar-refractivity contribution is 6.31. The molecule has 0 heterocycles. The molecule has 0 N–H and O–H groups in total. The zero-order valence-corrected chi connectivity index (χ0v) is 74.7. The lowest BCUT2D eigenvalue weighted by molar-refractivity contribution is 0.794. The van der Waals surface area contributed by atoms with Crippen molar-refractivity contribution in [2.24, 2.45) is 0 Å². The van der Waals surface area contributed by atoms with Gasteiger partial charge in [0.2, 0.25) is 0 Å². The van der Waals surface area contributed by atoms with Crippen molar-refractivity contribution < 1.29 is 0 Å². The summed E-state index contributed by atoms with van der Waals surface area (Å²) < 4.78 is 0. The van der Waals surface area contributed by atoms with Crippen molar-refractivity contribution in [1.29, 1.82) is 0 Å². The second-order valence-corrected chi connectivity index (χ2v) is 36.7. The average molecular weight is 1720 g/mol. The van der Waals surface area contributed by atoms with E-state index in [-0.39, 0.29) is 0 Å². The molecular weight excluding hydrogens is 1630 g/mol. The van der Waals surface area contributed by atoms with Crippen LogP contribution in [-0.2, 0) is 10.8 Å². The molecule has 136 heavy (non-hydrogen) atoms. The topological polar surface area (TPSA) is 0 Å². The molecule has 4 aliphatic carbocycles. The van der Waals surface area contributed by atoms with E-state index in [4.69, 9.17) is 0 Å². The lowest BCUT2D eigenvalue weighted by Gasteiger charge is -2.32. The van der Waals surface area contributed by atoms with Crippen LogP contribution in [0.3, 0.4) is 0 Å². The molecular formula is C136H86. The van der Waals surface area contributed by atoms with E-state index in [1.165, 1.54) is 89.0 Å². The van der Waals surface area contributed by atoms with E-state index >= 15 is 0 Å². The molecule has 4 aliphatic rings. The third-order valence-corrected chi connectivity index (χ3v) is 29.9. The molecule has 0 heteroatoms. The molecule has 0 bridgehead atoms. The Morgan fingerprint density at radius 2 is 0.243 bits per heavy atom. The van der Waals surface area contributed by atoms with Gasteiger partial charge in [0, 0.05) is 0 Å². The lowest BCUT2D eigenvalue weighted by atomic mass is 9.70. The maximum Gasteiger partial charge on any atom is 0.0725 e. The SMILES string of the molecule is c1ccc(-c2c(-c3ccccc3)c(-c3ccccc3)c(-c3c4ccc(-c5ccc6c(c5)C5(c7ccccc7-c7ccccc75)c5ccccc5-6)cc4c(-c4c(-c5ccccc5)c(-c5ccccc5)c(-c5ccccc5)c(-c5ccccc5)c4-c4ccccc4)c4ccc(-c5ccc6c(c5)C5(c7ccccc7-c7ccccc75)c5ccccc5-6)cc34)c(-c3ccccc3)c2-c2ccccc2)cc1. The van der Waals surface area contributed by atoms with Crippen molar-refractivity contribution in [2.75, 3.05) is 0 Å². The van der Waals surface area contributed by atoms with Gasteiger partial charge in [0.15, 0.2) is 0 Å². The summed E-state index contributed by atoms with van der Waals surface area (Å²) in [5.41, 5.74) is 50.8. The van der Waals surface area contributed by atoms with Crippen LogP contribution in [0.5, 0.6) is 0 Å². The van der Waals surface area contributed by atoms with Crippen molar-refractivity contribution in [1.82, 2.24) is 0 Å². The van der Waals surface area contributed by atoms with E-state index in [9.17, 15) is 0 Å². The van der Waals surface area contributed by atoms with Gasteiger partial charge in [0.05, 0.1) is 10.8 Å². The first kappa shape index (κ1) is 78.4. The van der Waals surface area contributed by atoms with Crippen molar-refractivity contribution >= 4 is 21.5 Å². The largest absolute Gasteiger partial charge is 0.0725 e. The van der Waals surface area contributed by atoms with Gasteiger partial charge in [-0.25, -0.2) is 0 Å². The van der Waals surface area contributed by atoms with Crippen molar-refractivity contribution in [3.63, 3.8) is 0 Å². The Morgan fingerprint density at radius 1 is 0.0882 bits per heavy atom. The summed E-state index contributed by atoms with van der Waals surface area (Å²) in [7, 11) is 0. The minimum Gasteiger partial charge on any atom is -0.0622 e.